The summed E-state index contributed by atoms with van der Waals surface area (Å²) in [6.45, 7) is 19.0. The Labute approximate surface area is 502 Å². The fourth-order valence-electron chi connectivity index (χ4n) is 11.0. The second-order valence-electron chi connectivity index (χ2n) is 22.3. The zero-order chi connectivity index (χ0) is 60.0. The van der Waals surface area contributed by atoms with Crippen LogP contribution in [0.5, 0.6) is 11.8 Å². The highest BCUT2D eigenvalue weighted by Crippen LogP contribution is 2.35. The number of imidazole rings is 3. The predicted molar refractivity (Wildman–Crippen MR) is 342 cm³/mol. The van der Waals surface area contributed by atoms with Crippen molar-refractivity contribution < 1.29 is 9.47 Å². The number of aromatic amines is 3. The first-order valence-electron chi connectivity index (χ1n) is 29.4. The van der Waals surface area contributed by atoms with E-state index in [-0.39, 0.29) is 30.3 Å². The fourth-order valence-corrected chi connectivity index (χ4v) is 11.0. The molecule has 440 valence electrons. The predicted octanol–water partition coefficient (Wildman–Crippen LogP) is 12.9. The minimum absolute atomic E-state index is 0.0466. The van der Waals surface area contributed by atoms with Crippen LogP contribution in [-0.2, 0) is 0 Å². The maximum absolute atomic E-state index is 6.49. The summed E-state index contributed by atoms with van der Waals surface area (Å²) in [6.07, 6.45) is 13.6. The minimum atomic E-state index is -0.160. The average molecular weight is 1160 g/mol. The Balaban J connectivity index is 0.000000128. The number of aromatic nitrogens is 15. The molecule has 0 radical (unpaired) electrons. The number of aryl methyl sites for hydroxylation is 2. The number of likely N-dealkylation sites (tertiary alicyclic amines) is 1. The van der Waals surface area contributed by atoms with Gasteiger partial charge in [-0.1, -0.05) is 84.9 Å². The van der Waals surface area contributed by atoms with E-state index in [2.05, 4.69) is 194 Å². The Morgan fingerprint density at radius 3 is 1.60 bits per heavy atom. The Kier molecular flexibility index (Phi) is 16.8. The molecular weight excluding hydrogens is 1090 g/mol. The lowest BCUT2D eigenvalue weighted by molar-refractivity contribution is 0.0822. The Bertz CT molecular complexity index is 4480. The van der Waals surface area contributed by atoms with E-state index < -0.39 is 0 Å². The summed E-state index contributed by atoms with van der Waals surface area (Å²) >= 11 is 0. The van der Waals surface area contributed by atoms with Crippen molar-refractivity contribution in [1.82, 2.24) is 79.7 Å². The van der Waals surface area contributed by atoms with Crippen LogP contribution in [0.4, 0.5) is 17.5 Å². The summed E-state index contributed by atoms with van der Waals surface area (Å²) in [5.41, 5.74) is 10.4. The molecule has 21 heteroatoms. The van der Waals surface area contributed by atoms with Crippen molar-refractivity contribution in [2.75, 3.05) is 29.0 Å². The summed E-state index contributed by atoms with van der Waals surface area (Å²) in [6, 6.07) is 37.7. The molecule has 0 bridgehead atoms. The Morgan fingerprint density at radius 1 is 0.494 bits per heavy atom. The van der Waals surface area contributed by atoms with E-state index in [1.165, 1.54) is 29.9 Å². The molecule has 9 aromatic heterocycles. The van der Waals surface area contributed by atoms with Gasteiger partial charge in [0.1, 0.15) is 41.6 Å². The molecule has 3 unspecified atom stereocenters. The van der Waals surface area contributed by atoms with E-state index in [4.69, 9.17) is 24.4 Å². The third-order valence-electron chi connectivity index (χ3n) is 15.6. The number of pyridine rings is 3. The molecule has 21 nitrogen and oxygen atoms in total. The first-order valence-corrected chi connectivity index (χ1v) is 29.4. The van der Waals surface area contributed by atoms with E-state index in [9.17, 15) is 0 Å². The van der Waals surface area contributed by atoms with Gasteiger partial charge < -0.3 is 45.3 Å². The van der Waals surface area contributed by atoms with Gasteiger partial charge in [-0.3, -0.25) is 4.98 Å². The lowest BCUT2D eigenvalue weighted by Crippen LogP contribution is -2.41. The van der Waals surface area contributed by atoms with Crippen LogP contribution in [0.3, 0.4) is 0 Å². The number of fused-ring (bicyclic) bond motifs is 6. The van der Waals surface area contributed by atoms with Gasteiger partial charge in [-0.25, -0.2) is 54.8 Å². The van der Waals surface area contributed by atoms with Crippen LogP contribution >= 0.6 is 0 Å². The molecule has 87 heavy (non-hydrogen) atoms. The molecule has 13 aromatic rings. The Morgan fingerprint density at radius 2 is 1.00 bits per heavy atom. The van der Waals surface area contributed by atoms with Crippen LogP contribution in [0.25, 0.3) is 65.8 Å². The maximum atomic E-state index is 6.49. The van der Waals surface area contributed by atoms with Crippen molar-refractivity contribution >= 4 is 83.3 Å². The van der Waals surface area contributed by atoms with E-state index in [0.717, 1.165) is 97.6 Å². The van der Waals surface area contributed by atoms with Gasteiger partial charge in [0.15, 0.2) is 34.4 Å². The number of piperidine rings is 1. The summed E-state index contributed by atoms with van der Waals surface area (Å²) < 4.78 is 12.5. The van der Waals surface area contributed by atoms with Crippen LogP contribution in [0.1, 0.15) is 106 Å². The lowest BCUT2D eigenvalue weighted by atomic mass is 10.00. The highest BCUT2D eigenvalue weighted by Gasteiger charge is 2.25. The van der Waals surface area contributed by atoms with Crippen molar-refractivity contribution in [2.45, 2.75) is 105 Å². The molecule has 1 aliphatic rings. The summed E-state index contributed by atoms with van der Waals surface area (Å²) in [4.78, 5) is 64.6. The van der Waals surface area contributed by atoms with Crippen LogP contribution in [0.15, 0.2) is 153 Å². The first-order chi connectivity index (χ1) is 42.4. The van der Waals surface area contributed by atoms with Crippen molar-refractivity contribution in [3.8, 4) is 11.8 Å². The zero-order valence-corrected chi connectivity index (χ0v) is 49.9. The molecule has 14 rings (SSSR count). The van der Waals surface area contributed by atoms with E-state index in [1.807, 2.05) is 57.3 Å². The van der Waals surface area contributed by atoms with Gasteiger partial charge >= 0.3 is 0 Å². The third-order valence-corrected chi connectivity index (χ3v) is 15.6. The number of anilines is 3. The molecule has 0 saturated carbocycles. The number of nitrogens with one attached hydrogen (secondary N) is 6. The van der Waals surface area contributed by atoms with Gasteiger partial charge in [-0.05, 0) is 125 Å². The summed E-state index contributed by atoms with van der Waals surface area (Å²) in [5, 5.41) is 17.1. The highest BCUT2D eigenvalue weighted by atomic mass is 16.5. The number of rotatable bonds is 15. The van der Waals surface area contributed by atoms with E-state index in [0.29, 0.717) is 52.2 Å². The van der Waals surface area contributed by atoms with Gasteiger partial charge in [0.25, 0.3) is 0 Å². The second-order valence-corrected chi connectivity index (χ2v) is 22.3. The quantitative estimate of drug-likeness (QED) is 0.0557. The topological polar surface area (TPSA) is 260 Å². The molecular formula is C66H69N19O2. The van der Waals surface area contributed by atoms with Gasteiger partial charge in [-0.15, -0.1) is 0 Å². The van der Waals surface area contributed by atoms with E-state index >= 15 is 0 Å². The van der Waals surface area contributed by atoms with Crippen LogP contribution < -0.4 is 25.4 Å². The molecule has 0 spiro atoms. The van der Waals surface area contributed by atoms with Crippen molar-refractivity contribution in [1.29, 1.82) is 0 Å². The second kappa shape index (κ2) is 25.5. The van der Waals surface area contributed by atoms with Gasteiger partial charge in [-0.2, -0.15) is 0 Å². The Hall–Kier alpha value is -10.3. The first kappa shape index (κ1) is 57.2. The SMILES string of the molecule is CC(Nc1ncnc2nc[nH]c12)c1cc2ccccc2c(OC2CCN(C(C)C)CC2)n1.Cc1cccc2cc(C(C)Nc3ncnc4nc[nH]c34)nc(OC(C)C)c12.Cc1cccc2cc(C(Nc3ncnc4nc[nH]c34)c3ccccc3)ncc12. The molecule has 10 heterocycles. The van der Waals surface area contributed by atoms with E-state index in [1.54, 1.807) is 19.0 Å². The monoisotopic (exact) mass is 1160 g/mol. The number of nitrogens with zero attached hydrogens (tertiary/aromatic N) is 13. The minimum Gasteiger partial charge on any atom is -0.474 e. The normalized spacial score (nSPS) is 14.0. The molecule has 1 fully saturated rings. The van der Waals surface area contributed by atoms with Crippen molar-refractivity contribution in [2.24, 2.45) is 0 Å². The van der Waals surface area contributed by atoms with Gasteiger partial charge in [0.05, 0.1) is 60.3 Å². The largest absolute Gasteiger partial charge is 0.474 e. The summed E-state index contributed by atoms with van der Waals surface area (Å²) in [5.74, 6) is 3.48. The van der Waals surface area contributed by atoms with Crippen molar-refractivity contribution in [3.63, 3.8) is 0 Å². The molecule has 4 aromatic carbocycles. The summed E-state index contributed by atoms with van der Waals surface area (Å²) in [7, 11) is 0. The number of ether oxygens (including phenoxy) is 2. The third kappa shape index (κ3) is 12.7. The molecule has 0 aliphatic carbocycles. The van der Waals surface area contributed by atoms with Crippen LogP contribution in [-0.4, -0.2) is 111 Å². The molecule has 1 aliphatic heterocycles. The van der Waals surface area contributed by atoms with Gasteiger partial charge in [0.2, 0.25) is 11.8 Å². The number of hydrogen-bond acceptors (Lipinski definition) is 18. The van der Waals surface area contributed by atoms with Crippen molar-refractivity contribution in [3.05, 3.63) is 187 Å². The standard InChI is InChI=1S/C24H29N7O.C22H18N6.C20H22N6O/c1-15(2)31-10-8-18(9-11-31)32-24-19-7-5-4-6-17(19)12-20(30-24)16(3)29-23-21-22(26-13-25-21)27-14-28-23;1-14-6-5-9-16-10-18(23-11-17(14)16)19(15-7-3-2-4-8-15)28-22-20-21(25-12-24-20)26-13-27-22;1-11(2)27-20-16-12(3)6-5-7-14(16)8-15(26-20)13(4)25-19-17-18(22-9-21-17)23-10-24-19/h4-7,12-16,18H,8-11H2,1-3H3,(H2,25,26,27,28,29);2-13,19H,1H3,(H2,24,25,26,27,28);5-11,13H,1-4H3,(H2,21,22,23,24,25). The zero-order valence-electron chi connectivity index (χ0n) is 49.9. The van der Waals surface area contributed by atoms with Crippen LogP contribution in [0, 0.1) is 13.8 Å². The highest BCUT2D eigenvalue weighted by molar-refractivity contribution is 5.91. The maximum Gasteiger partial charge on any atom is 0.222 e. The van der Waals surface area contributed by atoms with Gasteiger partial charge in [0, 0.05) is 41.5 Å². The lowest BCUT2D eigenvalue weighted by Gasteiger charge is -2.34. The molecule has 6 N–H and O–H groups in total. The fraction of sp³-hybridized carbons (Fsp3) is 0.273. The number of H-pyrrole nitrogens is 3. The number of hydrogen-bond donors (Lipinski definition) is 6. The molecule has 0 amide bonds. The average Bonchev–Trinajstić information content (AvgIpc) is 3.04. The van der Waals surface area contributed by atoms with Crippen LogP contribution in [0.2, 0.25) is 0 Å². The smallest absolute Gasteiger partial charge is 0.222 e. The number of benzene rings is 4. The molecule has 3 atom stereocenters. The molecule has 1 saturated heterocycles.